The summed E-state index contributed by atoms with van der Waals surface area (Å²) in [5, 5.41) is 15.6. The average molecular weight is 506 g/mol. The average Bonchev–Trinajstić information content (AvgIpc) is 3.16. The highest BCUT2D eigenvalue weighted by atomic mass is 35.5. The summed E-state index contributed by atoms with van der Waals surface area (Å²) in [6, 6.07) is 10.2. The van der Waals surface area contributed by atoms with E-state index in [9.17, 15) is 9.59 Å². The van der Waals surface area contributed by atoms with Gasteiger partial charge >= 0.3 is 0 Å². The van der Waals surface area contributed by atoms with Crippen LogP contribution in [0.25, 0.3) is 0 Å². The van der Waals surface area contributed by atoms with Gasteiger partial charge in [0.1, 0.15) is 0 Å². The number of halogens is 2. The zero-order chi connectivity index (χ0) is 24.1. The van der Waals surface area contributed by atoms with Crippen LogP contribution >= 0.6 is 35.0 Å². The maximum Gasteiger partial charge on any atom is 0.251 e. The Morgan fingerprint density at radius 1 is 1.06 bits per heavy atom. The standard InChI is InChI=1S/C23H25Cl2N5O2S/c1-5-30-21(15(4)26-22(32)16-6-7-18(24)19(25)11-16)28-29-23(30)33-12-20(31)27-17-9-13(2)8-14(3)10-17/h6-11,15H,5,12H2,1-4H3,(H,26,32)(H,27,31)/t15-/m1/s1. The second-order valence-corrected chi connectivity index (χ2v) is 9.38. The molecule has 0 spiro atoms. The molecule has 2 amide bonds. The third-order valence-corrected chi connectivity index (χ3v) is 6.52. The van der Waals surface area contributed by atoms with E-state index in [0.717, 1.165) is 16.8 Å². The molecule has 0 fully saturated rings. The molecule has 33 heavy (non-hydrogen) atoms. The Morgan fingerprint density at radius 3 is 2.39 bits per heavy atom. The lowest BCUT2D eigenvalue weighted by Crippen LogP contribution is -2.28. The highest BCUT2D eigenvalue weighted by Gasteiger charge is 2.20. The third-order valence-electron chi connectivity index (χ3n) is 4.82. The molecular weight excluding hydrogens is 481 g/mol. The van der Waals surface area contributed by atoms with Crippen LogP contribution in [0, 0.1) is 13.8 Å². The second kappa shape index (κ2) is 11.0. The van der Waals surface area contributed by atoms with Gasteiger partial charge in [0.15, 0.2) is 11.0 Å². The van der Waals surface area contributed by atoms with Gasteiger partial charge in [-0.1, -0.05) is 41.0 Å². The van der Waals surface area contributed by atoms with Crippen molar-refractivity contribution < 1.29 is 9.59 Å². The lowest BCUT2D eigenvalue weighted by atomic mass is 10.1. The van der Waals surface area contributed by atoms with Crippen molar-refractivity contribution in [3.63, 3.8) is 0 Å². The van der Waals surface area contributed by atoms with Gasteiger partial charge in [-0.25, -0.2) is 0 Å². The van der Waals surface area contributed by atoms with E-state index in [1.54, 1.807) is 12.1 Å². The van der Waals surface area contributed by atoms with Gasteiger partial charge in [0, 0.05) is 17.8 Å². The van der Waals surface area contributed by atoms with Crippen molar-refractivity contribution in [3.05, 3.63) is 69.0 Å². The number of amides is 2. The minimum Gasteiger partial charge on any atom is -0.342 e. The minimum absolute atomic E-state index is 0.127. The largest absolute Gasteiger partial charge is 0.342 e. The van der Waals surface area contributed by atoms with E-state index in [0.29, 0.717) is 33.1 Å². The molecule has 1 aromatic heterocycles. The van der Waals surface area contributed by atoms with Crippen molar-refractivity contribution >= 4 is 52.5 Å². The molecule has 0 saturated heterocycles. The molecule has 174 valence electrons. The summed E-state index contributed by atoms with van der Waals surface area (Å²) in [4.78, 5) is 25.0. The predicted molar refractivity (Wildman–Crippen MR) is 133 cm³/mol. The van der Waals surface area contributed by atoms with Gasteiger partial charge in [-0.15, -0.1) is 10.2 Å². The maximum absolute atomic E-state index is 12.6. The van der Waals surface area contributed by atoms with Gasteiger partial charge < -0.3 is 15.2 Å². The van der Waals surface area contributed by atoms with Crippen LogP contribution in [0.4, 0.5) is 5.69 Å². The van der Waals surface area contributed by atoms with Crippen LogP contribution in [0.1, 0.15) is 47.2 Å². The number of aryl methyl sites for hydroxylation is 2. The van der Waals surface area contributed by atoms with Gasteiger partial charge in [0.05, 0.1) is 21.8 Å². The molecule has 7 nitrogen and oxygen atoms in total. The number of anilines is 1. The molecule has 0 aliphatic carbocycles. The topological polar surface area (TPSA) is 88.9 Å². The first kappa shape index (κ1) is 25.1. The molecule has 1 heterocycles. The van der Waals surface area contributed by atoms with Crippen LogP contribution < -0.4 is 10.6 Å². The first-order chi connectivity index (χ1) is 15.7. The van der Waals surface area contributed by atoms with Crippen molar-refractivity contribution in [2.45, 2.75) is 45.4 Å². The van der Waals surface area contributed by atoms with Gasteiger partial charge in [-0.05, 0) is 69.2 Å². The Labute approximate surface area is 207 Å². The number of nitrogens with zero attached hydrogens (tertiary/aromatic N) is 3. The number of hydrogen-bond acceptors (Lipinski definition) is 5. The Kier molecular flexibility index (Phi) is 8.40. The van der Waals surface area contributed by atoms with Gasteiger partial charge in [-0.3, -0.25) is 9.59 Å². The molecule has 0 aliphatic heterocycles. The molecular formula is C23H25Cl2N5O2S. The van der Waals surface area contributed by atoms with Gasteiger partial charge in [-0.2, -0.15) is 0 Å². The van der Waals surface area contributed by atoms with Gasteiger partial charge in [0.25, 0.3) is 5.91 Å². The number of carbonyl (C=O) groups excluding carboxylic acids is 2. The molecule has 2 aromatic carbocycles. The number of nitrogens with one attached hydrogen (secondary N) is 2. The van der Waals surface area contributed by atoms with Crippen LogP contribution in [-0.2, 0) is 11.3 Å². The highest BCUT2D eigenvalue weighted by Crippen LogP contribution is 2.24. The maximum atomic E-state index is 12.6. The van der Waals surface area contributed by atoms with Gasteiger partial charge in [0.2, 0.25) is 5.91 Å². The molecule has 2 N–H and O–H groups in total. The normalized spacial score (nSPS) is 11.8. The molecule has 10 heteroatoms. The first-order valence-corrected chi connectivity index (χ1v) is 12.1. The van der Waals surface area contributed by atoms with Crippen LogP contribution in [0.2, 0.25) is 10.0 Å². The number of hydrogen-bond donors (Lipinski definition) is 2. The number of aromatic nitrogens is 3. The number of carbonyl (C=O) groups is 2. The van der Waals surface area contributed by atoms with Crippen molar-refractivity contribution in [3.8, 4) is 0 Å². The number of rotatable bonds is 8. The van der Waals surface area contributed by atoms with Crippen molar-refractivity contribution in [1.82, 2.24) is 20.1 Å². The van der Waals surface area contributed by atoms with E-state index in [-0.39, 0.29) is 17.6 Å². The van der Waals surface area contributed by atoms with Crippen molar-refractivity contribution in [2.75, 3.05) is 11.1 Å². The molecule has 0 aliphatic rings. The minimum atomic E-state index is -0.405. The van der Waals surface area contributed by atoms with Crippen molar-refractivity contribution in [1.29, 1.82) is 0 Å². The zero-order valence-corrected chi connectivity index (χ0v) is 21.1. The number of thioether (sulfide) groups is 1. The quantitative estimate of drug-likeness (QED) is 0.397. The Balaban J connectivity index is 1.64. The fraction of sp³-hybridized carbons (Fsp3) is 0.304. The molecule has 0 saturated carbocycles. The molecule has 3 aromatic rings. The third kappa shape index (κ3) is 6.50. The van der Waals surface area contributed by atoms with Crippen molar-refractivity contribution in [2.24, 2.45) is 0 Å². The van der Waals surface area contributed by atoms with E-state index < -0.39 is 6.04 Å². The monoisotopic (exact) mass is 505 g/mol. The summed E-state index contributed by atoms with van der Waals surface area (Å²) in [5.74, 6) is 0.366. The van der Waals surface area contributed by atoms with Crippen LogP contribution in [0.15, 0.2) is 41.6 Å². The molecule has 3 rings (SSSR count). The van der Waals surface area contributed by atoms with E-state index >= 15 is 0 Å². The fourth-order valence-corrected chi connectivity index (χ4v) is 4.49. The molecule has 1 atom stereocenters. The second-order valence-electron chi connectivity index (χ2n) is 7.62. The van der Waals surface area contributed by atoms with E-state index in [4.69, 9.17) is 23.2 Å². The summed E-state index contributed by atoms with van der Waals surface area (Å²) in [6.07, 6.45) is 0. The lowest BCUT2D eigenvalue weighted by molar-refractivity contribution is -0.113. The Morgan fingerprint density at radius 2 is 1.76 bits per heavy atom. The summed E-state index contributed by atoms with van der Waals surface area (Å²) >= 11 is 13.2. The summed E-state index contributed by atoms with van der Waals surface area (Å²) in [5.41, 5.74) is 3.35. The lowest BCUT2D eigenvalue weighted by Gasteiger charge is -2.15. The number of benzene rings is 2. The SMILES string of the molecule is CCn1c(SCC(=O)Nc2cc(C)cc(C)c2)nnc1[C@@H](C)NC(=O)c1ccc(Cl)c(Cl)c1. The molecule has 0 bridgehead atoms. The Hall–Kier alpha value is -2.55. The van der Waals surface area contributed by atoms with Crippen LogP contribution in [0.3, 0.4) is 0 Å². The smallest absolute Gasteiger partial charge is 0.251 e. The van der Waals surface area contributed by atoms with E-state index in [1.807, 2.05) is 44.4 Å². The summed E-state index contributed by atoms with van der Waals surface area (Å²) in [7, 11) is 0. The first-order valence-electron chi connectivity index (χ1n) is 10.4. The molecule has 0 unspecified atom stereocenters. The fourth-order valence-electron chi connectivity index (χ4n) is 3.38. The van der Waals surface area contributed by atoms with Crippen LogP contribution in [0.5, 0.6) is 0 Å². The summed E-state index contributed by atoms with van der Waals surface area (Å²) in [6.45, 7) is 8.36. The predicted octanol–water partition coefficient (Wildman–Crippen LogP) is 5.44. The summed E-state index contributed by atoms with van der Waals surface area (Å²) < 4.78 is 1.88. The Bertz CT molecular complexity index is 1160. The van der Waals surface area contributed by atoms with Crippen LogP contribution in [-0.4, -0.2) is 32.3 Å². The van der Waals surface area contributed by atoms with E-state index in [1.165, 1.54) is 17.8 Å². The zero-order valence-electron chi connectivity index (χ0n) is 18.8. The van der Waals surface area contributed by atoms with E-state index in [2.05, 4.69) is 26.9 Å². The molecule has 0 radical (unpaired) electrons. The highest BCUT2D eigenvalue weighted by molar-refractivity contribution is 7.99.